The van der Waals surface area contributed by atoms with Gasteiger partial charge in [-0.05, 0) is 30.3 Å². The van der Waals surface area contributed by atoms with Crippen LogP contribution in [0.25, 0.3) is 0 Å². The third-order valence-electron chi connectivity index (χ3n) is 4.27. The summed E-state index contributed by atoms with van der Waals surface area (Å²) in [4.78, 5) is 38.2. The van der Waals surface area contributed by atoms with Crippen LogP contribution >= 0.6 is 11.6 Å². The molecule has 0 aliphatic carbocycles. The van der Waals surface area contributed by atoms with Crippen LogP contribution in [0.15, 0.2) is 48.5 Å². The van der Waals surface area contributed by atoms with Gasteiger partial charge >= 0.3 is 0 Å². The van der Waals surface area contributed by atoms with E-state index in [1.54, 1.807) is 17.0 Å². The van der Waals surface area contributed by atoms with E-state index in [1.807, 2.05) is 30.3 Å². The summed E-state index contributed by atoms with van der Waals surface area (Å²) in [6, 6.07) is 14.0. The molecule has 3 amide bonds. The highest BCUT2D eigenvalue weighted by atomic mass is 35.5. The molecule has 3 rings (SSSR count). The predicted molar refractivity (Wildman–Crippen MR) is 100 cm³/mol. The van der Waals surface area contributed by atoms with Gasteiger partial charge in [-0.3, -0.25) is 14.4 Å². The molecule has 0 spiro atoms. The minimum absolute atomic E-state index is 0.0847. The van der Waals surface area contributed by atoms with Gasteiger partial charge in [0.1, 0.15) is 0 Å². The summed E-state index contributed by atoms with van der Waals surface area (Å²) in [5.74, 6) is -1.14. The number of carbonyl (C=O) groups excluding carboxylic acids is 3. The number of amides is 3. The van der Waals surface area contributed by atoms with Crippen molar-refractivity contribution in [2.75, 3.05) is 23.8 Å². The highest BCUT2D eigenvalue weighted by Crippen LogP contribution is 2.26. The Kier molecular flexibility index (Phi) is 5.23. The van der Waals surface area contributed by atoms with E-state index in [0.717, 1.165) is 5.69 Å². The van der Waals surface area contributed by atoms with Gasteiger partial charge < -0.3 is 15.5 Å². The zero-order valence-corrected chi connectivity index (χ0v) is 14.9. The van der Waals surface area contributed by atoms with Crippen LogP contribution in [-0.4, -0.2) is 31.3 Å². The van der Waals surface area contributed by atoms with Crippen molar-refractivity contribution in [1.29, 1.82) is 0 Å². The molecule has 1 atom stereocenters. The molecule has 1 fully saturated rings. The van der Waals surface area contributed by atoms with Gasteiger partial charge in [-0.15, -0.1) is 0 Å². The Morgan fingerprint density at radius 1 is 1.15 bits per heavy atom. The van der Waals surface area contributed by atoms with Crippen LogP contribution in [0.3, 0.4) is 0 Å². The van der Waals surface area contributed by atoms with Gasteiger partial charge in [0, 0.05) is 31.4 Å². The molecule has 2 N–H and O–H groups in total. The number of nitrogens with zero attached hydrogens (tertiary/aromatic N) is 1. The van der Waals surface area contributed by atoms with Crippen molar-refractivity contribution in [3.63, 3.8) is 0 Å². The lowest BCUT2D eigenvalue weighted by Crippen LogP contribution is -2.28. The molecule has 1 aliphatic rings. The second kappa shape index (κ2) is 7.58. The molecule has 1 heterocycles. The molecule has 1 saturated heterocycles. The van der Waals surface area contributed by atoms with Crippen molar-refractivity contribution in [3.8, 4) is 0 Å². The number of hydrogen-bond donors (Lipinski definition) is 2. The normalized spacial score (nSPS) is 16.5. The third kappa shape index (κ3) is 3.70. The molecule has 134 valence electrons. The number of rotatable bonds is 4. The molecule has 2 aromatic rings. The lowest BCUT2D eigenvalue weighted by molar-refractivity contribution is -0.122. The molecule has 0 radical (unpaired) electrons. The van der Waals surface area contributed by atoms with E-state index < -0.39 is 5.92 Å². The second-order valence-electron chi connectivity index (χ2n) is 6.00. The Morgan fingerprint density at radius 2 is 1.88 bits per heavy atom. The predicted octanol–water partition coefficient (Wildman–Crippen LogP) is 2.69. The molecular weight excluding hydrogens is 354 g/mol. The largest absolute Gasteiger partial charge is 0.355 e. The quantitative estimate of drug-likeness (QED) is 0.867. The third-order valence-corrected chi connectivity index (χ3v) is 4.60. The van der Waals surface area contributed by atoms with Gasteiger partial charge in [0.2, 0.25) is 11.8 Å². The highest BCUT2D eigenvalue weighted by Gasteiger charge is 2.35. The second-order valence-corrected chi connectivity index (χ2v) is 6.41. The summed E-state index contributed by atoms with van der Waals surface area (Å²) in [5, 5.41) is 5.57. The first-order valence-electron chi connectivity index (χ1n) is 8.17. The van der Waals surface area contributed by atoms with E-state index in [0.29, 0.717) is 17.3 Å². The number of benzene rings is 2. The van der Waals surface area contributed by atoms with E-state index >= 15 is 0 Å². The number of hydrogen-bond acceptors (Lipinski definition) is 3. The van der Waals surface area contributed by atoms with Crippen molar-refractivity contribution in [3.05, 3.63) is 59.1 Å². The molecule has 6 nitrogen and oxygen atoms in total. The molecule has 0 aromatic heterocycles. The van der Waals surface area contributed by atoms with E-state index in [1.165, 1.54) is 13.1 Å². The first-order valence-corrected chi connectivity index (χ1v) is 8.55. The summed E-state index contributed by atoms with van der Waals surface area (Å²) in [5.41, 5.74) is 1.52. The van der Waals surface area contributed by atoms with E-state index in [9.17, 15) is 14.4 Å². The van der Waals surface area contributed by atoms with Gasteiger partial charge in [-0.1, -0.05) is 29.8 Å². The van der Waals surface area contributed by atoms with E-state index in [4.69, 9.17) is 11.6 Å². The number of nitrogens with one attached hydrogen (secondary N) is 2. The standard InChI is InChI=1S/C19H18ClN3O3/c1-21-19(26)15-10-13(7-8-16(15)20)22-18(25)12-9-17(24)23(11-12)14-5-3-2-4-6-14/h2-8,10,12H,9,11H2,1H3,(H,21,26)(H,22,25)/t12-/m1/s1. The summed E-state index contributed by atoms with van der Waals surface area (Å²) >= 11 is 6.01. The smallest absolute Gasteiger partial charge is 0.252 e. The Bertz CT molecular complexity index is 854. The maximum Gasteiger partial charge on any atom is 0.252 e. The Balaban J connectivity index is 1.71. The van der Waals surface area contributed by atoms with Crippen molar-refractivity contribution < 1.29 is 14.4 Å². The van der Waals surface area contributed by atoms with Crippen LogP contribution in [0.2, 0.25) is 5.02 Å². The number of carbonyl (C=O) groups is 3. The molecule has 0 bridgehead atoms. The maximum absolute atomic E-state index is 12.5. The SMILES string of the molecule is CNC(=O)c1cc(NC(=O)[C@@H]2CC(=O)N(c3ccccc3)C2)ccc1Cl. The maximum atomic E-state index is 12.5. The van der Waals surface area contributed by atoms with Crippen LogP contribution in [0.4, 0.5) is 11.4 Å². The minimum Gasteiger partial charge on any atom is -0.355 e. The monoisotopic (exact) mass is 371 g/mol. The van der Waals surface area contributed by atoms with Gasteiger partial charge in [-0.25, -0.2) is 0 Å². The lowest BCUT2D eigenvalue weighted by Gasteiger charge is -2.16. The highest BCUT2D eigenvalue weighted by molar-refractivity contribution is 6.34. The fraction of sp³-hybridized carbons (Fsp3) is 0.211. The topological polar surface area (TPSA) is 78.5 Å². The molecule has 0 saturated carbocycles. The zero-order chi connectivity index (χ0) is 18.7. The average molecular weight is 372 g/mol. The Hall–Kier alpha value is -2.86. The minimum atomic E-state index is -0.457. The Labute approximate surface area is 156 Å². The van der Waals surface area contributed by atoms with Gasteiger partial charge in [0.15, 0.2) is 0 Å². The molecule has 2 aromatic carbocycles. The van der Waals surface area contributed by atoms with Gasteiger partial charge in [0.25, 0.3) is 5.91 Å². The first kappa shape index (κ1) is 17.9. The summed E-state index contributed by atoms with van der Waals surface area (Å²) in [6.07, 6.45) is 0.149. The molecule has 7 heteroatoms. The van der Waals surface area contributed by atoms with Crippen LogP contribution in [-0.2, 0) is 9.59 Å². The van der Waals surface area contributed by atoms with Crippen molar-refractivity contribution in [1.82, 2.24) is 5.32 Å². The van der Waals surface area contributed by atoms with Crippen molar-refractivity contribution in [2.45, 2.75) is 6.42 Å². The number of anilines is 2. The summed E-state index contributed by atoms with van der Waals surface area (Å²) < 4.78 is 0. The summed E-state index contributed by atoms with van der Waals surface area (Å²) in [7, 11) is 1.51. The first-order chi connectivity index (χ1) is 12.5. The fourth-order valence-electron chi connectivity index (χ4n) is 2.90. The lowest BCUT2D eigenvalue weighted by atomic mass is 10.1. The summed E-state index contributed by atoms with van der Waals surface area (Å²) in [6.45, 7) is 0.324. The fourth-order valence-corrected chi connectivity index (χ4v) is 3.10. The number of halogens is 1. The van der Waals surface area contributed by atoms with Crippen molar-refractivity contribution >= 4 is 40.7 Å². The van der Waals surface area contributed by atoms with Crippen LogP contribution in [0, 0.1) is 5.92 Å². The zero-order valence-electron chi connectivity index (χ0n) is 14.2. The van der Waals surface area contributed by atoms with E-state index in [2.05, 4.69) is 10.6 Å². The van der Waals surface area contributed by atoms with Gasteiger partial charge in [0.05, 0.1) is 16.5 Å². The molecule has 26 heavy (non-hydrogen) atoms. The Morgan fingerprint density at radius 3 is 2.58 bits per heavy atom. The molecule has 0 unspecified atom stereocenters. The van der Waals surface area contributed by atoms with E-state index in [-0.39, 0.29) is 29.7 Å². The van der Waals surface area contributed by atoms with Crippen LogP contribution in [0.1, 0.15) is 16.8 Å². The number of para-hydroxylation sites is 1. The molecule has 1 aliphatic heterocycles. The van der Waals surface area contributed by atoms with Crippen LogP contribution < -0.4 is 15.5 Å². The van der Waals surface area contributed by atoms with Crippen LogP contribution in [0.5, 0.6) is 0 Å². The van der Waals surface area contributed by atoms with Gasteiger partial charge in [-0.2, -0.15) is 0 Å². The average Bonchev–Trinajstić information content (AvgIpc) is 3.05. The van der Waals surface area contributed by atoms with Crippen molar-refractivity contribution in [2.24, 2.45) is 5.92 Å². The molecular formula is C19H18ClN3O3.